The number of fused-ring (bicyclic) bond motifs is 1. The average molecular weight is 388 g/mol. The van der Waals surface area contributed by atoms with Crippen molar-refractivity contribution in [2.24, 2.45) is 7.05 Å². The molecule has 1 atom stereocenters. The molecule has 0 radical (unpaired) electrons. The Balaban J connectivity index is 1.32. The molecule has 2 aliphatic rings. The van der Waals surface area contributed by atoms with E-state index in [1.54, 1.807) is 0 Å². The van der Waals surface area contributed by atoms with E-state index in [1.807, 2.05) is 47.7 Å². The average Bonchev–Trinajstić information content (AvgIpc) is 3.47. The molecule has 0 saturated heterocycles. The summed E-state index contributed by atoms with van der Waals surface area (Å²) >= 11 is 1.44. The van der Waals surface area contributed by atoms with Crippen LogP contribution in [0.2, 0.25) is 0 Å². The van der Waals surface area contributed by atoms with Gasteiger partial charge < -0.3 is 18.9 Å². The van der Waals surface area contributed by atoms with Crippen molar-refractivity contribution in [1.82, 2.24) is 19.7 Å². The maximum Gasteiger partial charge on any atom is 0.233 e. The van der Waals surface area contributed by atoms with Gasteiger partial charge in [0, 0.05) is 19.5 Å². The molecule has 0 spiro atoms. The van der Waals surface area contributed by atoms with Crippen molar-refractivity contribution in [1.29, 1.82) is 0 Å². The highest BCUT2D eigenvalue weighted by atomic mass is 32.2. The molecule has 1 aromatic heterocycles. The van der Waals surface area contributed by atoms with Crippen LogP contribution in [0.15, 0.2) is 29.4 Å². The van der Waals surface area contributed by atoms with Crippen molar-refractivity contribution in [3.05, 3.63) is 30.1 Å². The number of hydrogen-bond donors (Lipinski definition) is 0. The zero-order valence-electron chi connectivity index (χ0n) is 15.6. The minimum Gasteiger partial charge on any atom is -0.486 e. The first-order valence-electron chi connectivity index (χ1n) is 9.34. The van der Waals surface area contributed by atoms with Crippen LogP contribution in [0.4, 0.5) is 0 Å². The molecule has 4 rings (SSSR count). The van der Waals surface area contributed by atoms with Crippen LogP contribution in [-0.4, -0.2) is 57.1 Å². The number of benzene rings is 1. The van der Waals surface area contributed by atoms with Crippen LogP contribution >= 0.6 is 11.8 Å². The first kappa shape index (κ1) is 18.2. The molecule has 1 fully saturated rings. The lowest BCUT2D eigenvalue weighted by Gasteiger charge is -2.30. The lowest BCUT2D eigenvalue weighted by molar-refractivity contribution is -0.129. The highest BCUT2D eigenvalue weighted by Crippen LogP contribution is 2.39. The Bertz CT molecular complexity index is 821. The Hall–Kier alpha value is -2.22. The van der Waals surface area contributed by atoms with Crippen molar-refractivity contribution in [3.8, 4) is 11.5 Å². The zero-order valence-corrected chi connectivity index (χ0v) is 16.4. The molecule has 1 aromatic carbocycles. The molecule has 0 bridgehead atoms. The van der Waals surface area contributed by atoms with Gasteiger partial charge in [-0.1, -0.05) is 23.9 Å². The number of carbonyl (C=O) groups is 1. The fraction of sp³-hybridized carbons (Fsp3) is 0.526. The number of likely N-dealkylation sites (N-methyl/N-ethyl adjacent to an activating group) is 1. The number of nitrogens with zero attached hydrogens (tertiary/aromatic N) is 4. The molecule has 0 N–H and O–H groups in total. The molecule has 1 amide bonds. The molecule has 1 aliphatic heterocycles. The minimum atomic E-state index is -0.162. The Labute approximate surface area is 163 Å². The normalized spacial score (nSPS) is 18.4. The van der Waals surface area contributed by atoms with Crippen molar-refractivity contribution >= 4 is 17.7 Å². The number of hydrogen-bond acceptors (Lipinski definition) is 6. The van der Waals surface area contributed by atoms with Crippen molar-refractivity contribution in [3.63, 3.8) is 0 Å². The number of ether oxygens (including phenoxy) is 2. The molecule has 1 unspecified atom stereocenters. The number of para-hydroxylation sites is 2. The summed E-state index contributed by atoms with van der Waals surface area (Å²) in [5.41, 5.74) is 0. The summed E-state index contributed by atoms with van der Waals surface area (Å²) in [7, 11) is 1.97. The molecule has 144 valence electrons. The van der Waals surface area contributed by atoms with Gasteiger partial charge >= 0.3 is 0 Å². The smallest absolute Gasteiger partial charge is 0.233 e. The standard InChI is InChI=1S/C19H24N4O3S/c1-3-23(10-14-11-25-15-6-4-5-7-16(15)26-14)17(24)12-27-19-21-20-18(22(19)2)13-8-9-13/h4-7,13-14H,3,8-12H2,1-2H3. The number of carbonyl (C=O) groups excluding carboxylic acids is 1. The van der Waals surface area contributed by atoms with Crippen molar-refractivity contribution < 1.29 is 14.3 Å². The van der Waals surface area contributed by atoms with Gasteiger partial charge in [-0.2, -0.15) is 0 Å². The summed E-state index contributed by atoms with van der Waals surface area (Å²) < 4.78 is 13.7. The Morgan fingerprint density at radius 2 is 2.07 bits per heavy atom. The molecule has 2 aromatic rings. The van der Waals surface area contributed by atoms with Crippen LogP contribution in [0.3, 0.4) is 0 Å². The van der Waals surface area contributed by atoms with Gasteiger partial charge in [0.05, 0.1) is 12.3 Å². The van der Waals surface area contributed by atoms with Gasteiger partial charge in [0.1, 0.15) is 12.4 Å². The van der Waals surface area contributed by atoms with Crippen molar-refractivity contribution in [2.75, 3.05) is 25.4 Å². The molecular weight excluding hydrogens is 364 g/mol. The first-order valence-corrected chi connectivity index (χ1v) is 10.3. The Morgan fingerprint density at radius 1 is 1.30 bits per heavy atom. The van der Waals surface area contributed by atoms with Gasteiger partial charge in [-0.3, -0.25) is 4.79 Å². The topological polar surface area (TPSA) is 69.5 Å². The summed E-state index contributed by atoms with van der Waals surface area (Å²) in [6.45, 7) is 3.57. The van der Waals surface area contributed by atoms with Crippen LogP contribution in [0.1, 0.15) is 31.5 Å². The largest absolute Gasteiger partial charge is 0.486 e. The van der Waals surface area contributed by atoms with Crippen molar-refractivity contribution in [2.45, 2.75) is 36.9 Å². The van der Waals surface area contributed by atoms with Gasteiger partial charge in [-0.25, -0.2) is 0 Å². The highest BCUT2D eigenvalue weighted by Gasteiger charge is 2.30. The van der Waals surface area contributed by atoms with E-state index in [1.165, 1.54) is 24.6 Å². The number of aromatic nitrogens is 3. The van der Waals surface area contributed by atoms with E-state index < -0.39 is 0 Å². The fourth-order valence-corrected chi connectivity index (χ4v) is 3.99. The maximum atomic E-state index is 12.7. The third kappa shape index (κ3) is 4.05. The third-order valence-corrected chi connectivity index (χ3v) is 5.87. The third-order valence-electron chi connectivity index (χ3n) is 4.86. The van der Waals surface area contributed by atoms with Gasteiger partial charge in [0.15, 0.2) is 22.8 Å². The van der Waals surface area contributed by atoms with Gasteiger partial charge in [0.25, 0.3) is 0 Å². The molecule has 2 heterocycles. The first-order chi connectivity index (χ1) is 13.2. The maximum absolute atomic E-state index is 12.7. The van der Waals surface area contributed by atoms with Gasteiger partial charge in [-0.15, -0.1) is 10.2 Å². The predicted octanol–water partition coefficient (Wildman–Crippen LogP) is 2.47. The van der Waals surface area contributed by atoms with E-state index in [0.717, 1.165) is 22.5 Å². The monoisotopic (exact) mass is 388 g/mol. The van der Waals surface area contributed by atoms with Gasteiger partial charge in [0.2, 0.25) is 5.91 Å². The van der Waals surface area contributed by atoms with E-state index in [2.05, 4.69) is 10.2 Å². The van der Waals surface area contributed by atoms with E-state index in [-0.39, 0.29) is 12.0 Å². The summed E-state index contributed by atoms with van der Waals surface area (Å²) in [5.74, 6) is 3.48. The fourth-order valence-electron chi connectivity index (χ4n) is 3.17. The molecule has 1 saturated carbocycles. The quantitative estimate of drug-likeness (QED) is 0.679. The minimum absolute atomic E-state index is 0.0703. The molecule has 7 nitrogen and oxygen atoms in total. The van der Waals surface area contributed by atoms with E-state index in [4.69, 9.17) is 9.47 Å². The number of amides is 1. The predicted molar refractivity (Wildman–Crippen MR) is 102 cm³/mol. The van der Waals surface area contributed by atoms with E-state index in [0.29, 0.717) is 31.4 Å². The Morgan fingerprint density at radius 3 is 2.81 bits per heavy atom. The number of rotatable bonds is 7. The van der Waals surface area contributed by atoms with Crippen LogP contribution < -0.4 is 9.47 Å². The SMILES string of the molecule is CCN(CC1COc2ccccc2O1)C(=O)CSc1nnc(C2CC2)n1C. The molecular formula is C19H24N4O3S. The number of thioether (sulfide) groups is 1. The molecule has 8 heteroatoms. The van der Waals surface area contributed by atoms with Crippen LogP contribution in [0.25, 0.3) is 0 Å². The molecule has 27 heavy (non-hydrogen) atoms. The van der Waals surface area contributed by atoms with E-state index in [9.17, 15) is 4.79 Å². The van der Waals surface area contributed by atoms with Crippen LogP contribution in [-0.2, 0) is 11.8 Å². The second-order valence-electron chi connectivity index (χ2n) is 6.89. The van der Waals surface area contributed by atoms with Crippen LogP contribution in [0, 0.1) is 0 Å². The Kier molecular flexibility index (Phi) is 5.24. The summed E-state index contributed by atoms with van der Waals surface area (Å²) in [4.78, 5) is 14.5. The molecule has 1 aliphatic carbocycles. The summed E-state index contributed by atoms with van der Waals surface area (Å²) in [6.07, 6.45) is 2.21. The van der Waals surface area contributed by atoms with E-state index >= 15 is 0 Å². The lowest BCUT2D eigenvalue weighted by Crippen LogP contribution is -2.44. The second kappa shape index (κ2) is 7.80. The highest BCUT2D eigenvalue weighted by molar-refractivity contribution is 7.99. The zero-order chi connectivity index (χ0) is 18.8. The second-order valence-corrected chi connectivity index (χ2v) is 7.84. The summed E-state index contributed by atoms with van der Waals surface area (Å²) in [5, 5.41) is 9.30. The van der Waals surface area contributed by atoms with Gasteiger partial charge in [-0.05, 0) is 31.9 Å². The lowest BCUT2D eigenvalue weighted by atomic mass is 10.2. The van der Waals surface area contributed by atoms with Crippen LogP contribution in [0.5, 0.6) is 11.5 Å². The summed E-state index contributed by atoms with van der Waals surface area (Å²) in [6, 6.07) is 7.62.